The zero-order chi connectivity index (χ0) is 22.3. The van der Waals surface area contributed by atoms with Crippen LogP contribution in [0.3, 0.4) is 0 Å². The van der Waals surface area contributed by atoms with Crippen LogP contribution in [0.2, 0.25) is 0 Å². The highest BCUT2D eigenvalue weighted by Crippen LogP contribution is 2.18. The molecular formula is C23H29N3O3S. The highest BCUT2D eigenvalue weighted by molar-refractivity contribution is 7.80. The van der Waals surface area contributed by atoms with Crippen molar-refractivity contribution in [2.45, 2.75) is 52.7 Å². The highest BCUT2D eigenvalue weighted by atomic mass is 32.1. The SMILES string of the molecule is CCC(C)Oc1cccc(C(=O)NC(=S)Nc2ccccc2C(=O)NC(C)(C)C)c1. The van der Waals surface area contributed by atoms with E-state index in [9.17, 15) is 9.59 Å². The smallest absolute Gasteiger partial charge is 0.257 e. The Hall–Kier alpha value is -2.93. The van der Waals surface area contributed by atoms with E-state index in [-0.39, 0.29) is 28.6 Å². The van der Waals surface area contributed by atoms with E-state index >= 15 is 0 Å². The number of hydrogen-bond donors (Lipinski definition) is 3. The van der Waals surface area contributed by atoms with Crippen molar-refractivity contribution in [3.63, 3.8) is 0 Å². The number of amides is 2. The van der Waals surface area contributed by atoms with Crippen LogP contribution >= 0.6 is 12.2 Å². The first-order chi connectivity index (χ1) is 14.1. The first-order valence-electron chi connectivity index (χ1n) is 9.89. The van der Waals surface area contributed by atoms with E-state index in [4.69, 9.17) is 17.0 Å². The van der Waals surface area contributed by atoms with Gasteiger partial charge in [-0.25, -0.2) is 0 Å². The summed E-state index contributed by atoms with van der Waals surface area (Å²) in [4.78, 5) is 25.1. The number of carbonyl (C=O) groups is 2. The molecule has 6 nitrogen and oxygen atoms in total. The van der Waals surface area contributed by atoms with Gasteiger partial charge in [-0.05, 0) is 76.7 Å². The van der Waals surface area contributed by atoms with E-state index in [2.05, 4.69) is 16.0 Å². The Morgan fingerprint density at radius 3 is 2.43 bits per heavy atom. The third-order valence-corrected chi connectivity index (χ3v) is 4.35. The third-order valence-electron chi connectivity index (χ3n) is 4.14. The normalized spacial score (nSPS) is 11.9. The van der Waals surface area contributed by atoms with Gasteiger partial charge < -0.3 is 15.4 Å². The Morgan fingerprint density at radius 1 is 1.07 bits per heavy atom. The van der Waals surface area contributed by atoms with Crippen molar-refractivity contribution >= 4 is 34.8 Å². The molecule has 30 heavy (non-hydrogen) atoms. The molecule has 2 aromatic rings. The minimum Gasteiger partial charge on any atom is -0.491 e. The van der Waals surface area contributed by atoms with Gasteiger partial charge in [-0.3, -0.25) is 14.9 Å². The molecule has 0 bridgehead atoms. The fourth-order valence-corrected chi connectivity index (χ4v) is 2.76. The summed E-state index contributed by atoms with van der Waals surface area (Å²) in [5.74, 6) is 0.0356. The zero-order valence-corrected chi connectivity index (χ0v) is 18.9. The summed E-state index contributed by atoms with van der Waals surface area (Å²) in [6, 6.07) is 13.9. The van der Waals surface area contributed by atoms with E-state index in [1.165, 1.54) is 0 Å². The van der Waals surface area contributed by atoms with Crippen LogP contribution in [0.25, 0.3) is 0 Å². The Balaban J connectivity index is 2.07. The van der Waals surface area contributed by atoms with Crippen molar-refractivity contribution in [3.05, 3.63) is 59.7 Å². The molecule has 0 heterocycles. The molecule has 160 valence electrons. The Bertz CT molecular complexity index is 922. The molecule has 2 aromatic carbocycles. The molecular weight excluding hydrogens is 398 g/mol. The number of benzene rings is 2. The van der Waals surface area contributed by atoms with E-state index in [0.717, 1.165) is 6.42 Å². The second-order valence-electron chi connectivity index (χ2n) is 8.02. The molecule has 0 spiro atoms. The highest BCUT2D eigenvalue weighted by Gasteiger charge is 2.18. The molecule has 0 aromatic heterocycles. The maximum Gasteiger partial charge on any atom is 0.257 e. The second-order valence-corrected chi connectivity index (χ2v) is 8.43. The average Bonchev–Trinajstić information content (AvgIpc) is 2.67. The van der Waals surface area contributed by atoms with E-state index < -0.39 is 0 Å². The molecule has 1 unspecified atom stereocenters. The van der Waals surface area contributed by atoms with Gasteiger partial charge in [0.1, 0.15) is 5.75 Å². The van der Waals surface area contributed by atoms with Crippen molar-refractivity contribution in [2.24, 2.45) is 0 Å². The predicted octanol–water partition coefficient (Wildman–Crippen LogP) is 4.52. The summed E-state index contributed by atoms with van der Waals surface area (Å²) in [7, 11) is 0. The Morgan fingerprint density at radius 2 is 1.77 bits per heavy atom. The molecule has 3 N–H and O–H groups in total. The summed E-state index contributed by atoms with van der Waals surface area (Å²) in [5, 5.41) is 8.61. The van der Waals surface area contributed by atoms with Crippen molar-refractivity contribution in [1.82, 2.24) is 10.6 Å². The summed E-state index contributed by atoms with van der Waals surface area (Å²) in [5.41, 5.74) is 1.01. The van der Waals surface area contributed by atoms with Crippen molar-refractivity contribution < 1.29 is 14.3 Å². The lowest BCUT2D eigenvalue weighted by atomic mass is 10.1. The minimum absolute atomic E-state index is 0.0572. The molecule has 2 amide bonds. The summed E-state index contributed by atoms with van der Waals surface area (Å²) in [6.45, 7) is 9.73. The molecule has 0 aliphatic rings. The predicted molar refractivity (Wildman–Crippen MR) is 124 cm³/mol. The summed E-state index contributed by atoms with van der Waals surface area (Å²) < 4.78 is 5.76. The summed E-state index contributed by atoms with van der Waals surface area (Å²) >= 11 is 5.28. The van der Waals surface area contributed by atoms with Gasteiger partial charge in [-0.1, -0.05) is 25.1 Å². The fourth-order valence-electron chi connectivity index (χ4n) is 2.55. The van der Waals surface area contributed by atoms with Gasteiger partial charge in [-0.15, -0.1) is 0 Å². The number of thiocarbonyl (C=S) groups is 1. The largest absolute Gasteiger partial charge is 0.491 e. The lowest BCUT2D eigenvalue weighted by Gasteiger charge is -2.22. The second kappa shape index (κ2) is 10.2. The van der Waals surface area contributed by atoms with Crippen LogP contribution in [0, 0.1) is 0 Å². The third kappa shape index (κ3) is 7.15. The van der Waals surface area contributed by atoms with Crippen molar-refractivity contribution in [1.29, 1.82) is 0 Å². The maximum absolute atomic E-state index is 12.6. The number of rotatable bonds is 6. The minimum atomic E-state index is -0.374. The fraction of sp³-hybridized carbons (Fsp3) is 0.348. The monoisotopic (exact) mass is 427 g/mol. The number of hydrogen-bond acceptors (Lipinski definition) is 4. The van der Waals surface area contributed by atoms with Gasteiger partial charge in [0.2, 0.25) is 0 Å². The van der Waals surface area contributed by atoms with Crippen LogP contribution < -0.4 is 20.7 Å². The molecule has 0 fully saturated rings. The number of para-hydroxylation sites is 1. The van der Waals surface area contributed by atoms with E-state index in [1.807, 2.05) is 40.7 Å². The average molecular weight is 428 g/mol. The van der Waals surface area contributed by atoms with Gasteiger partial charge in [0, 0.05) is 11.1 Å². The maximum atomic E-state index is 12.6. The van der Waals surface area contributed by atoms with Crippen molar-refractivity contribution in [2.75, 3.05) is 5.32 Å². The van der Waals surface area contributed by atoms with Crippen LogP contribution in [0.5, 0.6) is 5.75 Å². The number of ether oxygens (including phenoxy) is 1. The Kier molecular flexibility index (Phi) is 7.94. The van der Waals surface area contributed by atoms with Crippen LogP contribution in [-0.4, -0.2) is 28.6 Å². The van der Waals surface area contributed by atoms with Crippen LogP contribution in [-0.2, 0) is 0 Å². The molecule has 0 radical (unpaired) electrons. The summed E-state index contributed by atoms with van der Waals surface area (Å²) in [6.07, 6.45) is 0.925. The van der Waals surface area contributed by atoms with Gasteiger partial charge in [-0.2, -0.15) is 0 Å². The quantitative estimate of drug-likeness (QED) is 0.591. The number of nitrogens with one attached hydrogen (secondary N) is 3. The van der Waals surface area contributed by atoms with Gasteiger partial charge in [0.05, 0.1) is 17.4 Å². The van der Waals surface area contributed by atoms with Crippen LogP contribution in [0.15, 0.2) is 48.5 Å². The first-order valence-corrected chi connectivity index (χ1v) is 10.3. The lowest BCUT2D eigenvalue weighted by molar-refractivity contribution is 0.0919. The van der Waals surface area contributed by atoms with Crippen LogP contribution in [0.4, 0.5) is 5.69 Å². The molecule has 2 rings (SSSR count). The number of carbonyl (C=O) groups excluding carboxylic acids is 2. The van der Waals surface area contributed by atoms with E-state index in [0.29, 0.717) is 22.6 Å². The lowest BCUT2D eigenvalue weighted by Crippen LogP contribution is -2.41. The topological polar surface area (TPSA) is 79.5 Å². The van der Waals surface area contributed by atoms with Gasteiger partial charge in [0.25, 0.3) is 11.8 Å². The van der Waals surface area contributed by atoms with E-state index in [1.54, 1.807) is 42.5 Å². The molecule has 0 aliphatic carbocycles. The van der Waals surface area contributed by atoms with Crippen molar-refractivity contribution in [3.8, 4) is 5.75 Å². The molecule has 1 atom stereocenters. The molecule has 7 heteroatoms. The first kappa shape index (κ1) is 23.3. The molecule has 0 aliphatic heterocycles. The standard InChI is InChI=1S/C23H29N3O3S/c1-6-15(2)29-17-11-9-10-16(14-17)20(27)25-22(30)24-19-13-8-7-12-18(19)21(28)26-23(3,4)5/h7-15H,6H2,1-5H3,(H,26,28)(H2,24,25,27,30). The number of anilines is 1. The molecule has 0 saturated heterocycles. The van der Waals surface area contributed by atoms with Gasteiger partial charge >= 0.3 is 0 Å². The molecule has 0 saturated carbocycles. The van der Waals surface area contributed by atoms with Gasteiger partial charge in [0.15, 0.2) is 5.11 Å². The Labute approximate surface area is 183 Å². The van der Waals surface area contributed by atoms with Crippen LogP contribution in [0.1, 0.15) is 61.8 Å². The zero-order valence-electron chi connectivity index (χ0n) is 18.0.